The molecule has 0 aliphatic heterocycles. The first-order valence-corrected chi connectivity index (χ1v) is 8.13. The van der Waals surface area contributed by atoms with Crippen LogP contribution in [0, 0.1) is 0 Å². The number of aromatic nitrogens is 3. The molecule has 2 rings (SSSR count). The minimum Gasteiger partial charge on any atom is -0.301 e. The van der Waals surface area contributed by atoms with Crippen molar-refractivity contribution in [1.29, 1.82) is 0 Å². The highest BCUT2D eigenvalue weighted by atomic mass is 35.5. The fraction of sp³-hybridized carbons (Fsp3) is 0.308. The third kappa shape index (κ3) is 5.55. The number of hydrogen-bond donors (Lipinski definition) is 1. The van der Waals surface area contributed by atoms with Gasteiger partial charge in [0.15, 0.2) is 10.9 Å². The second-order valence-corrected chi connectivity index (χ2v) is 5.95. The average Bonchev–Trinajstić information content (AvgIpc) is 2.46. The number of nitrogens with zero attached hydrogens (tertiary/aromatic N) is 2. The summed E-state index contributed by atoms with van der Waals surface area (Å²) in [7, 11) is 0. The lowest BCUT2D eigenvalue weighted by molar-refractivity contribution is -0.141. The molecule has 25 heavy (non-hydrogen) atoms. The molecule has 1 N–H and O–H groups in total. The quantitative estimate of drug-likeness (QED) is 0.411. The number of thioether (sulfide) groups is 1. The topological polar surface area (TPSA) is 58.6 Å². The number of aromatic amines is 1. The van der Waals surface area contributed by atoms with Crippen molar-refractivity contribution in [1.82, 2.24) is 15.0 Å². The third-order valence-corrected chi connectivity index (χ3v) is 3.80. The second kappa shape index (κ2) is 8.33. The standard InChI is InChI=1S/C11H4Cl2F5N3OS.C2H6/c12-4-2-19-3-5(13)8(4)11(17,18)23-9-20-6(10(14,15)16)1-7(22)21-9;1-2/h1-3H,(H,20,21,22);1-2H3. The molecule has 0 unspecified atom stereocenters. The molecule has 0 saturated carbocycles. The summed E-state index contributed by atoms with van der Waals surface area (Å²) in [5, 5.41) is -5.75. The molecule has 0 aliphatic carbocycles. The average molecular weight is 422 g/mol. The van der Waals surface area contributed by atoms with E-state index in [0.29, 0.717) is 0 Å². The van der Waals surface area contributed by atoms with Crippen molar-refractivity contribution in [3.05, 3.63) is 50.1 Å². The number of hydrogen-bond acceptors (Lipinski definition) is 4. The molecule has 0 atom stereocenters. The highest BCUT2D eigenvalue weighted by Crippen LogP contribution is 2.48. The zero-order valence-electron chi connectivity index (χ0n) is 12.6. The van der Waals surface area contributed by atoms with Gasteiger partial charge in [-0.2, -0.15) is 22.0 Å². The zero-order chi connectivity index (χ0) is 19.4. The van der Waals surface area contributed by atoms with Crippen LogP contribution in [-0.4, -0.2) is 15.0 Å². The minimum atomic E-state index is -4.95. The predicted molar refractivity (Wildman–Crippen MR) is 85.2 cm³/mol. The minimum absolute atomic E-state index is 0.161. The number of H-pyrrole nitrogens is 1. The van der Waals surface area contributed by atoms with Gasteiger partial charge in [-0.1, -0.05) is 37.0 Å². The normalized spacial score (nSPS) is 11.7. The zero-order valence-corrected chi connectivity index (χ0v) is 14.9. The van der Waals surface area contributed by atoms with Crippen molar-refractivity contribution in [2.45, 2.75) is 30.4 Å². The molecule has 12 heteroatoms. The molecule has 0 fully saturated rings. The van der Waals surface area contributed by atoms with Crippen LogP contribution in [0.5, 0.6) is 0 Å². The van der Waals surface area contributed by atoms with Crippen LogP contribution in [0.2, 0.25) is 10.0 Å². The summed E-state index contributed by atoms with van der Waals surface area (Å²) in [6, 6.07) is 0.161. The van der Waals surface area contributed by atoms with Crippen molar-refractivity contribution in [2.75, 3.05) is 0 Å². The van der Waals surface area contributed by atoms with Gasteiger partial charge in [-0.05, 0) is 11.8 Å². The summed E-state index contributed by atoms with van der Waals surface area (Å²) < 4.78 is 66.2. The molecular formula is C13H10Cl2F5N3OS. The molecule has 0 saturated heterocycles. The smallest absolute Gasteiger partial charge is 0.301 e. The van der Waals surface area contributed by atoms with E-state index in [2.05, 4.69) is 9.97 Å². The Morgan fingerprint density at radius 1 is 1.08 bits per heavy atom. The highest BCUT2D eigenvalue weighted by Gasteiger charge is 2.40. The van der Waals surface area contributed by atoms with Crippen molar-refractivity contribution in [2.24, 2.45) is 0 Å². The lowest BCUT2D eigenvalue weighted by atomic mass is 10.3. The molecule has 0 amide bonds. The van der Waals surface area contributed by atoms with Gasteiger partial charge in [-0.25, -0.2) is 4.98 Å². The Bertz CT molecular complexity index is 778. The molecule has 2 aromatic rings. The first-order valence-electron chi connectivity index (χ1n) is 6.55. The first-order chi connectivity index (χ1) is 11.5. The van der Waals surface area contributed by atoms with Crippen LogP contribution in [-0.2, 0) is 11.4 Å². The summed E-state index contributed by atoms with van der Waals surface area (Å²) >= 11 is 10.8. The summed E-state index contributed by atoms with van der Waals surface area (Å²) in [4.78, 5) is 19.5. The van der Waals surface area contributed by atoms with Crippen LogP contribution < -0.4 is 5.56 Å². The van der Waals surface area contributed by atoms with E-state index in [1.807, 2.05) is 13.8 Å². The molecule has 2 heterocycles. The van der Waals surface area contributed by atoms with E-state index in [0.717, 1.165) is 12.4 Å². The summed E-state index contributed by atoms with van der Waals surface area (Å²) in [5.41, 5.74) is -3.66. The Morgan fingerprint density at radius 3 is 2.08 bits per heavy atom. The van der Waals surface area contributed by atoms with E-state index in [-0.39, 0.29) is 6.07 Å². The Balaban J connectivity index is 0.00000151. The van der Waals surface area contributed by atoms with Gasteiger partial charge in [-0.3, -0.25) is 9.78 Å². The maximum Gasteiger partial charge on any atom is 0.433 e. The van der Waals surface area contributed by atoms with Gasteiger partial charge in [0.05, 0.1) is 15.6 Å². The van der Waals surface area contributed by atoms with Crippen LogP contribution in [0.15, 0.2) is 28.4 Å². The van der Waals surface area contributed by atoms with Crippen molar-refractivity contribution >= 4 is 35.0 Å². The van der Waals surface area contributed by atoms with E-state index in [4.69, 9.17) is 23.2 Å². The van der Waals surface area contributed by atoms with E-state index in [9.17, 15) is 26.7 Å². The molecule has 0 aromatic carbocycles. The van der Waals surface area contributed by atoms with E-state index >= 15 is 0 Å². The molecular weight excluding hydrogens is 412 g/mol. The van der Waals surface area contributed by atoms with Gasteiger partial charge in [-0.15, -0.1) is 0 Å². The summed E-state index contributed by atoms with van der Waals surface area (Å²) in [5.74, 6) is 0. The second-order valence-electron chi connectivity index (χ2n) is 4.03. The predicted octanol–water partition coefficient (Wildman–Crippen LogP) is 5.36. The van der Waals surface area contributed by atoms with Crippen molar-refractivity contribution in [3.63, 3.8) is 0 Å². The van der Waals surface area contributed by atoms with Gasteiger partial charge in [0, 0.05) is 18.5 Å². The molecule has 0 aliphatic rings. The number of alkyl halides is 5. The molecule has 4 nitrogen and oxygen atoms in total. The monoisotopic (exact) mass is 421 g/mol. The SMILES string of the molecule is CC.O=c1cc(C(F)(F)F)nc(SC(F)(F)c2c(Cl)cncc2Cl)[nH]1. The Morgan fingerprint density at radius 2 is 1.60 bits per heavy atom. The maximum atomic E-state index is 14.2. The molecule has 0 radical (unpaired) electrons. The van der Waals surface area contributed by atoms with Crippen LogP contribution in [0.25, 0.3) is 0 Å². The van der Waals surface area contributed by atoms with Crippen molar-refractivity contribution < 1.29 is 22.0 Å². The number of pyridine rings is 1. The molecule has 0 bridgehead atoms. The Hall–Kier alpha value is -1.39. The molecule has 138 valence electrons. The third-order valence-electron chi connectivity index (χ3n) is 2.38. The fourth-order valence-electron chi connectivity index (χ4n) is 1.49. The van der Waals surface area contributed by atoms with Crippen LogP contribution in [0.1, 0.15) is 25.1 Å². The number of rotatable bonds is 3. The van der Waals surface area contributed by atoms with Crippen LogP contribution >= 0.6 is 35.0 Å². The van der Waals surface area contributed by atoms with Gasteiger partial charge >= 0.3 is 11.4 Å². The number of nitrogens with one attached hydrogen (secondary N) is 1. The largest absolute Gasteiger partial charge is 0.433 e. The molecule has 2 aromatic heterocycles. The maximum absolute atomic E-state index is 14.2. The van der Waals surface area contributed by atoms with Crippen LogP contribution in [0.4, 0.5) is 22.0 Å². The summed E-state index contributed by atoms with van der Waals surface area (Å²) in [6.07, 6.45) is -3.15. The summed E-state index contributed by atoms with van der Waals surface area (Å²) in [6.45, 7) is 4.00. The van der Waals surface area contributed by atoms with E-state index in [1.54, 1.807) is 4.98 Å². The fourth-order valence-corrected chi connectivity index (χ4v) is 3.07. The first kappa shape index (κ1) is 21.7. The molecule has 0 spiro atoms. The number of halogens is 7. The van der Waals surface area contributed by atoms with E-state index in [1.165, 1.54) is 0 Å². The van der Waals surface area contributed by atoms with E-state index < -0.39 is 55.2 Å². The lowest BCUT2D eigenvalue weighted by Gasteiger charge is -2.18. The van der Waals surface area contributed by atoms with Gasteiger partial charge in [0.25, 0.3) is 5.56 Å². The lowest BCUT2D eigenvalue weighted by Crippen LogP contribution is -2.19. The van der Waals surface area contributed by atoms with Crippen molar-refractivity contribution in [3.8, 4) is 0 Å². The highest BCUT2D eigenvalue weighted by molar-refractivity contribution is 7.99. The van der Waals surface area contributed by atoms with Gasteiger partial charge in [0.2, 0.25) is 0 Å². The van der Waals surface area contributed by atoms with Gasteiger partial charge < -0.3 is 4.98 Å². The Labute approximate surface area is 152 Å². The Kier molecular flexibility index (Phi) is 7.21. The van der Waals surface area contributed by atoms with Gasteiger partial charge in [0.1, 0.15) is 0 Å². The van der Waals surface area contributed by atoms with Crippen LogP contribution in [0.3, 0.4) is 0 Å².